The molecule has 0 aliphatic carbocycles. The third-order valence-corrected chi connectivity index (χ3v) is 20.4. The average Bonchev–Trinajstić information content (AvgIpc) is 3.95. The smallest absolute Gasteiger partial charge is 0.469 e. The van der Waals surface area contributed by atoms with E-state index in [0.29, 0.717) is 71.7 Å². The van der Waals surface area contributed by atoms with Crippen LogP contribution in [0, 0.1) is 12.8 Å². The maximum Gasteiger partial charge on any atom is 0.469 e. The van der Waals surface area contributed by atoms with E-state index < -0.39 is 37.3 Å². The summed E-state index contributed by atoms with van der Waals surface area (Å²) in [4.78, 5) is 39.7. The lowest BCUT2D eigenvalue weighted by atomic mass is 9.96. The van der Waals surface area contributed by atoms with Crippen LogP contribution in [0.2, 0.25) is 5.02 Å². The largest absolute Gasteiger partial charge is 0.478 e. The van der Waals surface area contributed by atoms with Gasteiger partial charge in [0.2, 0.25) is 0 Å². The number of piperidine rings is 1. The summed E-state index contributed by atoms with van der Waals surface area (Å²) < 4.78 is 68.6. The van der Waals surface area contributed by atoms with Crippen LogP contribution in [0.5, 0.6) is 0 Å². The number of hydrogen-bond acceptors (Lipinski definition) is 11. The Morgan fingerprint density at radius 2 is 1.49 bits per heavy atom. The number of halogens is 1. The molecule has 6 aromatic rings. The molecule has 3 aliphatic heterocycles. The number of benzene rings is 5. The van der Waals surface area contributed by atoms with E-state index in [0.717, 1.165) is 78.0 Å². The van der Waals surface area contributed by atoms with Gasteiger partial charge in [-0.15, -0.1) is 11.8 Å². The van der Waals surface area contributed by atoms with Crippen LogP contribution >= 0.6 is 38.7 Å². The highest BCUT2D eigenvalue weighted by Crippen LogP contribution is 2.56. The van der Waals surface area contributed by atoms with Crippen LogP contribution in [0.3, 0.4) is 0 Å². The third kappa shape index (κ3) is 12.8. The number of thioether (sulfide) groups is 1. The quantitative estimate of drug-likeness (QED) is 0.0514. The van der Waals surface area contributed by atoms with Crippen molar-refractivity contribution in [2.24, 2.45) is 5.92 Å². The van der Waals surface area contributed by atoms with Crippen molar-refractivity contribution in [3.63, 3.8) is 0 Å². The predicted molar refractivity (Wildman–Crippen MR) is 305 cm³/mol. The second kappa shape index (κ2) is 23.6. The summed E-state index contributed by atoms with van der Waals surface area (Å²) in [5.41, 5.74) is 7.59. The van der Waals surface area contributed by atoms with Gasteiger partial charge in [0.25, 0.3) is 0 Å². The van der Waals surface area contributed by atoms with E-state index in [4.69, 9.17) is 20.6 Å². The molecule has 20 heteroatoms. The van der Waals surface area contributed by atoms with Gasteiger partial charge in [0.1, 0.15) is 0 Å². The van der Waals surface area contributed by atoms with E-state index in [9.17, 15) is 32.7 Å². The lowest BCUT2D eigenvalue weighted by Crippen LogP contribution is -2.46. The molecule has 3 N–H and O–H groups in total. The molecule has 5 aromatic carbocycles. The monoisotopic (exact) mass is 1130 g/mol. The molecule has 3 saturated heterocycles. The Bertz CT molecular complexity index is 3230. The van der Waals surface area contributed by atoms with E-state index in [1.54, 1.807) is 34.6 Å². The van der Waals surface area contributed by atoms with E-state index in [-0.39, 0.29) is 29.0 Å². The Balaban J connectivity index is 0.885. The highest BCUT2D eigenvalue weighted by Gasteiger charge is 2.41. The predicted octanol–water partition coefficient (Wildman–Crippen LogP) is 11.1. The first-order valence-corrected chi connectivity index (χ1v) is 32.1. The van der Waals surface area contributed by atoms with Crippen molar-refractivity contribution in [2.45, 2.75) is 68.4 Å². The number of anilines is 3. The maximum absolute atomic E-state index is 15.1. The summed E-state index contributed by atoms with van der Waals surface area (Å²) >= 11 is 8.01. The van der Waals surface area contributed by atoms with Gasteiger partial charge in [-0.3, -0.25) is 13.8 Å². The number of piperazine rings is 1. The molecule has 0 amide bonds. The minimum atomic E-state index is -4.56. The van der Waals surface area contributed by atoms with Crippen LogP contribution in [0.15, 0.2) is 131 Å². The fourth-order valence-corrected chi connectivity index (χ4v) is 16.0. The SMILES string of the molecule is Cc1c(C(=O)O)c(-c2cccc(N3CCN(c4ccc(N5CCO[P@]5(=O)c5ccc(C[C@H](CCN6CCC(OP(=O)(O)O)CC6)CSc6ccccc6)c(S(C)(=O)=O)c5)cc4)CC3)c2)c(-c2ccc(Cl)cc2)n1C(C)C. The van der Waals surface area contributed by atoms with Crippen LogP contribution in [-0.4, -0.2) is 116 Å². The van der Waals surface area contributed by atoms with Gasteiger partial charge < -0.3 is 38.7 Å². The second-order valence-electron chi connectivity index (χ2n) is 20.2. The number of carboxylic acid groups (broad SMARTS) is 1. The van der Waals surface area contributed by atoms with E-state index in [1.807, 2.05) is 85.8 Å². The van der Waals surface area contributed by atoms with Crippen molar-refractivity contribution in [1.29, 1.82) is 0 Å². The minimum absolute atomic E-state index is 0.00803. The molecule has 404 valence electrons. The molecule has 0 radical (unpaired) electrons. The van der Waals surface area contributed by atoms with Crippen molar-refractivity contribution in [2.75, 3.05) is 85.4 Å². The van der Waals surface area contributed by atoms with Gasteiger partial charge in [-0.25, -0.2) is 17.8 Å². The Hall–Kier alpha value is -4.90. The summed E-state index contributed by atoms with van der Waals surface area (Å²) in [7, 11) is -12.1. The number of carbonyl (C=O) groups is 1. The van der Waals surface area contributed by atoms with Crippen LogP contribution < -0.4 is 19.8 Å². The van der Waals surface area contributed by atoms with E-state index in [2.05, 4.69) is 57.4 Å². The topological polar surface area (TPSA) is 182 Å². The molecule has 0 saturated carbocycles. The Morgan fingerprint density at radius 3 is 2.12 bits per heavy atom. The van der Waals surface area contributed by atoms with Gasteiger partial charge in [0.05, 0.1) is 40.7 Å². The third-order valence-electron chi connectivity index (χ3n) is 14.7. The first-order valence-electron chi connectivity index (χ1n) is 25.7. The molecule has 76 heavy (non-hydrogen) atoms. The van der Waals surface area contributed by atoms with Crippen LogP contribution in [-0.2, 0) is 34.4 Å². The Morgan fingerprint density at radius 1 is 0.829 bits per heavy atom. The molecule has 0 unspecified atom stereocenters. The molecule has 2 atom stereocenters. The van der Waals surface area contributed by atoms with Gasteiger partial charge in [-0.1, -0.05) is 60.1 Å². The highest BCUT2D eigenvalue weighted by molar-refractivity contribution is 7.99. The number of rotatable bonds is 19. The molecular weight excluding hydrogens is 1060 g/mol. The van der Waals surface area contributed by atoms with E-state index >= 15 is 4.57 Å². The summed E-state index contributed by atoms with van der Waals surface area (Å²) in [6.07, 6.45) is 2.96. The number of nitrogens with zero attached hydrogens (tertiary/aromatic N) is 5. The molecule has 3 aliphatic rings. The zero-order valence-electron chi connectivity index (χ0n) is 43.2. The lowest BCUT2D eigenvalue weighted by molar-refractivity contribution is 0.0686. The molecule has 0 spiro atoms. The number of phosphoric ester groups is 1. The van der Waals surface area contributed by atoms with Gasteiger partial charge in [0, 0.05) is 95.6 Å². The van der Waals surface area contributed by atoms with Crippen molar-refractivity contribution in [1.82, 2.24) is 9.47 Å². The number of likely N-dealkylation sites (tertiary alicyclic amines) is 1. The standard InChI is InChI=1S/C56H66ClN5O10P2S2/c1-39(2)62-40(3)53(56(63)64)54(55(62)42-13-16-45(57)17-14-42)44-9-8-10-48(36-44)60-31-29-59(30-32-60)46-18-20-47(21-19-46)61-33-34-71-73(61,65)50-22-15-43(52(37-50)76(4,69)70)35-41(38-75-51-11-6-5-7-12-51)23-26-58-27-24-49(25-28-58)72-74(66,67)68/h5-22,36-37,39,41,49H,23-35,38H2,1-4H3,(H,63,64)(H2,66,67,68)/t41-,73+/m0/s1. The molecule has 9 rings (SSSR count). The average molecular weight is 1130 g/mol. The molecule has 4 heterocycles. The molecule has 15 nitrogen and oxygen atoms in total. The normalized spacial score (nSPS) is 18.4. The van der Waals surface area contributed by atoms with Crippen LogP contribution in [0.4, 0.5) is 17.1 Å². The molecular formula is C56H66ClN5O10P2S2. The highest BCUT2D eigenvalue weighted by atomic mass is 35.5. The summed E-state index contributed by atoms with van der Waals surface area (Å²) in [6, 6.07) is 38.8. The first kappa shape index (κ1) is 55.8. The summed E-state index contributed by atoms with van der Waals surface area (Å²) in [5, 5.41) is 11.5. The lowest BCUT2D eigenvalue weighted by Gasteiger charge is -2.37. The van der Waals surface area contributed by atoms with Crippen molar-refractivity contribution in [3.8, 4) is 22.4 Å². The molecule has 0 bridgehead atoms. The molecule has 1 aromatic heterocycles. The van der Waals surface area contributed by atoms with Gasteiger partial charge >= 0.3 is 21.3 Å². The number of sulfone groups is 1. The van der Waals surface area contributed by atoms with Crippen LogP contribution in [0.1, 0.15) is 60.8 Å². The second-order valence-corrected chi connectivity index (χ2v) is 27.2. The number of carboxylic acids is 1. The number of aromatic carboxylic acids is 1. The number of aromatic nitrogens is 1. The maximum atomic E-state index is 15.1. The van der Waals surface area contributed by atoms with Gasteiger partial charge in [0.15, 0.2) is 9.84 Å². The molecule has 3 fully saturated rings. The van der Waals surface area contributed by atoms with Crippen molar-refractivity contribution in [3.05, 3.63) is 143 Å². The van der Waals surface area contributed by atoms with Crippen molar-refractivity contribution >= 4 is 76.9 Å². The fraction of sp³-hybridized carbons (Fsp3) is 0.375. The zero-order chi connectivity index (χ0) is 53.9. The minimum Gasteiger partial charge on any atom is -0.478 e. The first-order chi connectivity index (χ1) is 36.3. The summed E-state index contributed by atoms with van der Waals surface area (Å²) in [6.45, 7) is 11.5. The zero-order valence-corrected chi connectivity index (χ0v) is 47.4. The van der Waals surface area contributed by atoms with Gasteiger partial charge in [-0.2, -0.15) is 0 Å². The van der Waals surface area contributed by atoms with Gasteiger partial charge in [-0.05, 0) is 148 Å². The van der Waals surface area contributed by atoms with Crippen LogP contribution in [0.25, 0.3) is 22.4 Å². The Labute approximate surface area is 455 Å². The number of hydrogen-bond donors (Lipinski definition) is 3. The number of phosphoric acid groups is 1. The van der Waals surface area contributed by atoms with E-state index in [1.165, 1.54) is 6.26 Å². The Kier molecular flexibility index (Phi) is 17.3. The summed E-state index contributed by atoms with van der Waals surface area (Å²) in [5.74, 6) is -0.164. The van der Waals surface area contributed by atoms with Crippen molar-refractivity contribution < 1.29 is 46.3 Å². The fourth-order valence-electron chi connectivity index (χ4n) is 11.0.